The number of ether oxygens (including phenoxy) is 2. The molecule has 7 nitrogen and oxygen atoms in total. The number of hydrogen-bond donors (Lipinski definition) is 0. The van der Waals surface area contributed by atoms with Crippen molar-refractivity contribution in [2.75, 3.05) is 42.0 Å². The first kappa shape index (κ1) is 39.7. The number of halogens is 4. The van der Waals surface area contributed by atoms with Crippen LogP contribution in [0.5, 0.6) is 11.5 Å². The molecule has 0 spiro atoms. The van der Waals surface area contributed by atoms with Crippen molar-refractivity contribution in [1.82, 2.24) is 0 Å². The summed E-state index contributed by atoms with van der Waals surface area (Å²) in [6.45, 7) is 1.49. The molecule has 1 aliphatic heterocycles. The average Bonchev–Trinajstić information content (AvgIpc) is 3.78. The number of alkyl halides is 3. The second-order valence-corrected chi connectivity index (χ2v) is 14.9. The number of para-hydroxylation sites is 1. The first-order valence-electron chi connectivity index (χ1n) is 19.3. The van der Waals surface area contributed by atoms with Gasteiger partial charge in [-0.2, -0.15) is 13.2 Å². The largest absolute Gasteiger partial charge is 0.496 e. The monoisotopic (exact) mass is 795 g/mol. The second kappa shape index (κ2) is 17.3. The van der Waals surface area contributed by atoms with Gasteiger partial charge in [-0.25, -0.2) is 0 Å². The zero-order valence-electron chi connectivity index (χ0n) is 32.0. The maximum Gasteiger partial charge on any atom is 0.416 e. The van der Waals surface area contributed by atoms with Crippen molar-refractivity contribution < 1.29 is 32.2 Å². The highest BCUT2D eigenvalue weighted by molar-refractivity contribution is 6.66. The maximum absolute atomic E-state index is 14.9. The van der Waals surface area contributed by atoms with E-state index in [4.69, 9.17) is 21.1 Å². The van der Waals surface area contributed by atoms with E-state index < -0.39 is 17.1 Å². The molecule has 5 aromatic rings. The lowest BCUT2D eigenvalue weighted by Gasteiger charge is -2.38. The van der Waals surface area contributed by atoms with Gasteiger partial charge in [-0.1, -0.05) is 61.4 Å². The van der Waals surface area contributed by atoms with Crippen molar-refractivity contribution in [3.8, 4) is 22.6 Å². The Morgan fingerprint density at radius 1 is 0.754 bits per heavy atom. The summed E-state index contributed by atoms with van der Waals surface area (Å²) >= 11 is 6.07. The molecule has 0 aromatic heterocycles. The Morgan fingerprint density at radius 2 is 1.35 bits per heavy atom. The van der Waals surface area contributed by atoms with E-state index in [9.17, 15) is 22.8 Å². The molecular formula is C46H45ClF3N3O4. The first-order chi connectivity index (χ1) is 27.5. The van der Waals surface area contributed by atoms with E-state index in [2.05, 4.69) is 17.0 Å². The third-order valence-electron chi connectivity index (χ3n) is 11.3. The third-order valence-corrected chi connectivity index (χ3v) is 11.5. The van der Waals surface area contributed by atoms with Crippen LogP contribution < -0.4 is 24.2 Å². The van der Waals surface area contributed by atoms with Crippen LogP contribution in [0.3, 0.4) is 0 Å². The average molecular weight is 796 g/mol. The number of piperidine rings is 1. The molecule has 0 unspecified atom stereocenters. The van der Waals surface area contributed by atoms with Gasteiger partial charge in [-0.15, -0.1) is 0 Å². The molecule has 2 amide bonds. The Balaban J connectivity index is 1.21. The van der Waals surface area contributed by atoms with E-state index in [1.807, 2.05) is 54.6 Å². The highest BCUT2D eigenvalue weighted by Crippen LogP contribution is 2.42. The van der Waals surface area contributed by atoms with Crippen molar-refractivity contribution in [3.05, 3.63) is 138 Å². The number of benzene rings is 5. The lowest BCUT2D eigenvalue weighted by molar-refractivity contribution is -0.137. The third kappa shape index (κ3) is 8.76. The summed E-state index contributed by atoms with van der Waals surface area (Å²) in [5.41, 5.74) is 4.77. The zero-order valence-corrected chi connectivity index (χ0v) is 32.7. The van der Waals surface area contributed by atoms with Gasteiger partial charge < -0.3 is 19.3 Å². The highest BCUT2D eigenvalue weighted by atomic mass is 35.5. The van der Waals surface area contributed by atoms with Crippen molar-refractivity contribution in [2.24, 2.45) is 0 Å². The van der Waals surface area contributed by atoms with E-state index in [1.54, 1.807) is 48.3 Å². The maximum atomic E-state index is 14.9. The van der Waals surface area contributed by atoms with Crippen molar-refractivity contribution >= 4 is 39.9 Å². The van der Waals surface area contributed by atoms with E-state index in [1.165, 1.54) is 25.0 Å². The summed E-state index contributed by atoms with van der Waals surface area (Å²) in [6.07, 6.45) is 1.49. The smallest absolute Gasteiger partial charge is 0.416 e. The Morgan fingerprint density at radius 3 is 1.93 bits per heavy atom. The van der Waals surface area contributed by atoms with Gasteiger partial charge in [0.05, 0.1) is 31.9 Å². The summed E-state index contributed by atoms with van der Waals surface area (Å²) in [5.74, 6) is 1.30. The lowest BCUT2D eigenvalue weighted by atomic mass is 9.94. The van der Waals surface area contributed by atoms with Crippen molar-refractivity contribution in [2.45, 2.75) is 63.2 Å². The molecule has 11 heteroatoms. The minimum absolute atomic E-state index is 0.0456. The fraction of sp³-hybridized carbons (Fsp3) is 0.304. The molecule has 1 aliphatic carbocycles. The Bertz CT molecular complexity index is 2140. The zero-order chi connectivity index (χ0) is 40.1. The van der Waals surface area contributed by atoms with Gasteiger partial charge in [0.25, 0.3) is 5.91 Å². The standard InChI is InChI=1S/C46H45ClF3N3O4/c1-56-42-28-33(31-10-6-7-11-31)29-43(57-2)41(42)30-52(44(54)40-15-9-8-14-39(40)32-16-18-34(19-17-32)46(48,49)50)36-22-20-35(21-23-36)51-26-24-38(25-27-51)53(45(47)55)37-12-4-3-5-13-37/h3-5,8-9,12-23,28-29,31,38H,6-7,10-11,24-27,30H2,1-2H3. The SMILES string of the molecule is COc1cc(C2CCCC2)cc(OC)c1CN(C(=O)c1ccccc1-c1ccc(C(F)(F)F)cc1)c1ccc(N2CCC(N(C(=O)Cl)c3ccccc3)CC2)cc1. The van der Waals surface area contributed by atoms with Crippen LogP contribution in [0.1, 0.15) is 71.5 Å². The van der Waals surface area contributed by atoms with E-state index in [0.29, 0.717) is 58.4 Å². The summed E-state index contributed by atoms with van der Waals surface area (Å²) < 4.78 is 52.3. The summed E-state index contributed by atoms with van der Waals surface area (Å²) in [5, 5.41) is -0.505. The van der Waals surface area contributed by atoms with Crippen LogP contribution in [0.2, 0.25) is 0 Å². The first-order valence-corrected chi connectivity index (χ1v) is 19.7. The van der Waals surface area contributed by atoms with Crippen molar-refractivity contribution in [3.63, 3.8) is 0 Å². The van der Waals surface area contributed by atoms with Gasteiger partial charge >= 0.3 is 11.5 Å². The molecule has 2 aliphatic rings. The van der Waals surface area contributed by atoms with Gasteiger partial charge in [0, 0.05) is 41.8 Å². The number of nitrogens with zero attached hydrogens (tertiary/aromatic N) is 3. The number of methoxy groups -OCH3 is 2. The normalized spacial score (nSPS) is 15.0. The van der Waals surface area contributed by atoms with Crippen LogP contribution in [-0.2, 0) is 12.7 Å². The van der Waals surface area contributed by atoms with Crippen LogP contribution in [0.4, 0.5) is 35.0 Å². The number of amides is 2. The molecule has 296 valence electrons. The van der Waals surface area contributed by atoms with E-state index in [0.717, 1.165) is 54.8 Å². The number of carbonyl (C=O) groups is 2. The van der Waals surface area contributed by atoms with Crippen LogP contribution in [0, 0.1) is 0 Å². The molecule has 2 fully saturated rings. The van der Waals surface area contributed by atoms with Crippen LogP contribution in [0.15, 0.2) is 115 Å². The molecule has 5 aromatic carbocycles. The molecule has 1 saturated carbocycles. The Kier molecular flexibility index (Phi) is 12.1. The predicted octanol–water partition coefficient (Wildman–Crippen LogP) is 11.7. The number of carbonyl (C=O) groups excluding carboxylic acids is 2. The fourth-order valence-corrected chi connectivity index (χ4v) is 8.50. The molecule has 7 rings (SSSR count). The molecule has 0 radical (unpaired) electrons. The topological polar surface area (TPSA) is 62.3 Å². The van der Waals surface area contributed by atoms with Crippen LogP contribution in [-0.4, -0.2) is 44.6 Å². The summed E-state index contributed by atoms with van der Waals surface area (Å²) in [6, 6.07) is 33.1. The van der Waals surface area contributed by atoms with Gasteiger partial charge in [0.2, 0.25) is 0 Å². The minimum Gasteiger partial charge on any atom is -0.496 e. The van der Waals surface area contributed by atoms with Crippen LogP contribution in [0.25, 0.3) is 11.1 Å². The van der Waals surface area contributed by atoms with E-state index >= 15 is 0 Å². The van der Waals surface area contributed by atoms with Gasteiger partial charge in [0.15, 0.2) is 0 Å². The van der Waals surface area contributed by atoms with Gasteiger partial charge in [0.1, 0.15) is 11.5 Å². The lowest BCUT2D eigenvalue weighted by Crippen LogP contribution is -2.46. The Labute approximate surface area is 336 Å². The molecule has 57 heavy (non-hydrogen) atoms. The van der Waals surface area contributed by atoms with Crippen LogP contribution >= 0.6 is 11.6 Å². The fourth-order valence-electron chi connectivity index (χ4n) is 8.27. The predicted molar refractivity (Wildman–Crippen MR) is 220 cm³/mol. The molecule has 0 bridgehead atoms. The molecular weight excluding hydrogens is 751 g/mol. The molecule has 1 heterocycles. The summed E-state index contributed by atoms with van der Waals surface area (Å²) in [7, 11) is 3.23. The highest BCUT2D eigenvalue weighted by Gasteiger charge is 2.32. The Hall–Kier alpha value is -5.48. The summed E-state index contributed by atoms with van der Waals surface area (Å²) in [4.78, 5) is 33.0. The van der Waals surface area contributed by atoms with Crippen molar-refractivity contribution in [1.29, 1.82) is 0 Å². The number of rotatable bonds is 11. The van der Waals surface area contributed by atoms with Gasteiger partial charge in [-0.3, -0.25) is 14.5 Å². The number of anilines is 3. The minimum atomic E-state index is -4.48. The molecule has 1 saturated heterocycles. The molecule has 0 atom stereocenters. The molecule has 0 N–H and O–H groups in total. The second-order valence-electron chi connectivity index (χ2n) is 14.6. The van der Waals surface area contributed by atoms with Gasteiger partial charge in [-0.05, 0) is 127 Å². The van der Waals surface area contributed by atoms with E-state index in [-0.39, 0.29) is 18.5 Å². The number of hydrogen-bond acceptors (Lipinski definition) is 5. The quantitative estimate of drug-likeness (QED) is 0.0984.